The van der Waals surface area contributed by atoms with Gasteiger partial charge in [-0.25, -0.2) is 19.9 Å². The SMILES string of the molecule is Nc1ncnc2c1ccn2[C@@H]1OC(COP(=O)(O)[C@@H]2CC(CO)O[C@H]2n2cnc3c(=O)[nH]cnc32)[C@@H](O[PH](=O)O)[C@H]1O. The second kappa shape index (κ2) is 11.2. The number of nitrogens with one attached hydrogen (secondary N) is 1. The molecule has 2 aliphatic heterocycles. The van der Waals surface area contributed by atoms with E-state index in [0.29, 0.717) is 11.0 Å². The lowest BCUT2D eigenvalue weighted by molar-refractivity contribution is -0.0486. The average Bonchev–Trinajstić information content (AvgIpc) is 3.73. The lowest BCUT2D eigenvalue weighted by Gasteiger charge is -2.26. The molecule has 0 spiro atoms. The minimum Gasteiger partial charge on any atom is -0.394 e. The molecule has 9 atom stereocenters. The summed E-state index contributed by atoms with van der Waals surface area (Å²) in [7, 11) is -8.22. The zero-order valence-electron chi connectivity index (χ0n) is 21.4. The summed E-state index contributed by atoms with van der Waals surface area (Å²) in [5, 5.41) is 21.2. The van der Waals surface area contributed by atoms with E-state index in [0.717, 1.165) is 6.33 Å². The number of rotatable bonds is 9. The number of imidazole rings is 1. The Labute approximate surface area is 235 Å². The number of fused-ring (bicyclic) bond motifs is 2. The second-order valence-electron chi connectivity index (χ2n) is 9.67. The van der Waals surface area contributed by atoms with Crippen LogP contribution in [-0.4, -0.2) is 97.3 Å². The van der Waals surface area contributed by atoms with E-state index in [1.54, 1.807) is 6.07 Å². The first-order valence-electron chi connectivity index (χ1n) is 12.5. The third-order valence-corrected chi connectivity index (χ3v) is 9.51. The van der Waals surface area contributed by atoms with Gasteiger partial charge in [0.2, 0.25) is 0 Å². The zero-order chi connectivity index (χ0) is 29.8. The van der Waals surface area contributed by atoms with Gasteiger partial charge in [0.1, 0.15) is 41.8 Å². The molecule has 0 aromatic carbocycles. The molecule has 4 unspecified atom stereocenters. The van der Waals surface area contributed by atoms with Crippen molar-refractivity contribution in [1.82, 2.24) is 34.1 Å². The third-order valence-electron chi connectivity index (χ3n) is 7.21. The lowest BCUT2D eigenvalue weighted by atomic mass is 10.1. The molecule has 226 valence electrons. The topological polar surface area (TPSA) is 272 Å². The van der Waals surface area contributed by atoms with Crippen molar-refractivity contribution in [2.24, 2.45) is 0 Å². The minimum absolute atomic E-state index is 0.0239. The van der Waals surface area contributed by atoms with Crippen molar-refractivity contribution in [2.45, 2.75) is 49.0 Å². The standard InChI is InChI=1S/C21H26N8O11P2/c22-16-10-1-2-28(17(10)24-6-23-16)21-14(31)15(40-41(33)34)11(39-21)5-37-42(35,36)12-3-9(4-30)38-20(12)29-8-27-13-18(29)25-7-26-19(13)32/h1-2,6-9,11-12,14-15,20-21,30-31,41H,3-5H2,(H,33,34)(H,35,36)(H2,22,23,24)(H,25,26,32)/t9?,11?,12-,14-,15-,20-,21-/m1/s1. The number of hydrogen-bond donors (Lipinski definition) is 6. The summed E-state index contributed by atoms with van der Waals surface area (Å²) in [6.45, 7) is -1.11. The minimum atomic E-state index is -4.63. The van der Waals surface area contributed by atoms with Gasteiger partial charge >= 0.3 is 15.9 Å². The Morgan fingerprint density at radius 3 is 2.76 bits per heavy atom. The number of aromatic nitrogens is 7. The second-order valence-corrected chi connectivity index (χ2v) is 12.5. The van der Waals surface area contributed by atoms with E-state index in [1.807, 2.05) is 0 Å². The Kier molecular flexibility index (Phi) is 7.73. The monoisotopic (exact) mass is 628 g/mol. The number of hydrogen-bond acceptors (Lipinski definition) is 14. The number of aromatic amines is 1. The fraction of sp³-hybridized carbons (Fsp3) is 0.476. The molecule has 42 heavy (non-hydrogen) atoms. The summed E-state index contributed by atoms with van der Waals surface area (Å²) in [4.78, 5) is 51.2. The molecule has 4 aromatic rings. The fourth-order valence-electron chi connectivity index (χ4n) is 5.26. The van der Waals surface area contributed by atoms with Crippen LogP contribution in [0.4, 0.5) is 5.82 Å². The number of anilines is 1. The smallest absolute Gasteiger partial charge is 0.335 e. The van der Waals surface area contributed by atoms with Crippen molar-refractivity contribution < 1.29 is 47.7 Å². The summed E-state index contributed by atoms with van der Waals surface area (Å²) >= 11 is 0. The predicted octanol–water partition coefficient (Wildman–Crippen LogP) is -0.977. The molecule has 2 aliphatic rings. The van der Waals surface area contributed by atoms with E-state index < -0.39 is 77.2 Å². The Balaban J connectivity index is 1.25. The number of H-pyrrole nitrogens is 1. The predicted molar refractivity (Wildman–Crippen MR) is 141 cm³/mol. The van der Waals surface area contributed by atoms with Gasteiger partial charge in [-0.05, 0) is 12.5 Å². The van der Waals surface area contributed by atoms with Gasteiger partial charge in [0.05, 0.1) is 37.4 Å². The molecule has 0 saturated carbocycles. The number of nitrogen functional groups attached to an aromatic ring is 1. The maximum absolute atomic E-state index is 13.6. The molecular formula is C21H26N8O11P2. The lowest BCUT2D eigenvalue weighted by Crippen LogP contribution is -2.35. The Bertz CT molecular complexity index is 1750. The van der Waals surface area contributed by atoms with Gasteiger partial charge in [-0.15, -0.1) is 0 Å². The van der Waals surface area contributed by atoms with Crippen LogP contribution in [0.15, 0.2) is 36.0 Å². The van der Waals surface area contributed by atoms with Gasteiger partial charge in [-0.3, -0.25) is 18.5 Å². The van der Waals surface area contributed by atoms with Crippen LogP contribution in [0.3, 0.4) is 0 Å². The van der Waals surface area contributed by atoms with Crippen LogP contribution in [0.25, 0.3) is 22.2 Å². The summed E-state index contributed by atoms with van der Waals surface area (Å²) in [6, 6.07) is 1.59. The highest BCUT2D eigenvalue weighted by Gasteiger charge is 2.51. The molecule has 2 saturated heterocycles. The van der Waals surface area contributed by atoms with Crippen molar-refractivity contribution in [3.8, 4) is 0 Å². The van der Waals surface area contributed by atoms with Crippen molar-refractivity contribution >= 4 is 43.9 Å². The van der Waals surface area contributed by atoms with Crippen LogP contribution in [0.5, 0.6) is 0 Å². The van der Waals surface area contributed by atoms with E-state index in [4.69, 9.17) is 24.3 Å². The number of nitrogens with zero attached hydrogens (tertiary/aromatic N) is 6. The Morgan fingerprint density at radius 2 is 2.00 bits per heavy atom. The summed E-state index contributed by atoms with van der Waals surface area (Å²) < 4.78 is 50.2. The van der Waals surface area contributed by atoms with E-state index in [1.165, 1.54) is 28.0 Å². The van der Waals surface area contributed by atoms with Crippen molar-refractivity contribution in [3.63, 3.8) is 0 Å². The van der Waals surface area contributed by atoms with Gasteiger partial charge in [0.25, 0.3) is 5.56 Å². The molecule has 21 heteroatoms. The maximum Gasteiger partial charge on any atom is 0.335 e. The van der Waals surface area contributed by atoms with Gasteiger partial charge in [-0.1, -0.05) is 0 Å². The summed E-state index contributed by atoms with van der Waals surface area (Å²) in [6.07, 6.45) is -2.47. The first-order chi connectivity index (χ1) is 20.1. The molecule has 6 rings (SSSR count). The summed E-state index contributed by atoms with van der Waals surface area (Å²) in [5.74, 6) is 0.181. The van der Waals surface area contributed by atoms with Crippen LogP contribution < -0.4 is 11.3 Å². The van der Waals surface area contributed by atoms with Crippen LogP contribution in [0.2, 0.25) is 0 Å². The van der Waals surface area contributed by atoms with Crippen LogP contribution in [0, 0.1) is 0 Å². The Morgan fingerprint density at radius 1 is 1.19 bits per heavy atom. The largest absolute Gasteiger partial charge is 0.394 e. The van der Waals surface area contributed by atoms with E-state index in [-0.39, 0.29) is 23.4 Å². The summed E-state index contributed by atoms with van der Waals surface area (Å²) in [5.41, 5.74) is 4.48. The van der Waals surface area contributed by atoms with Crippen LogP contribution >= 0.6 is 15.9 Å². The van der Waals surface area contributed by atoms with Crippen LogP contribution in [-0.2, 0) is 27.7 Å². The highest BCUT2D eigenvalue weighted by Crippen LogP contribution is 2.57. The van der Waals surface area contributed by atoms with E-state index >= 15 is 0 Å². The molecular weight excluding hydrogens is 602 g/mol. The van der Waals surface area contributed by atoms with Gasteiger partial charge in [0, 0.05) is 6.20 Å². The molecule has 0 aliphatic carbocycles. The molecule has 0 radical (unpaired) electrons. The number of nitrogens with two attached hydrogens (primary N) is 1. The highest BCUT2D eigenvalue weighted by atomic mass is 31.2. The first-order valence-corrected chi connectivity index (χ1v) is 15.4. The van der Waals surface area contributed by atoms with Crippen molar-refractivity contribution in [1.29, 1.82) is 0 Å². The number of ether oxygens (including phenoxy) is 2. The average molecular weight is 628 g/mol. The third kappa shape index (κ3) is 5.07. The number of aliphatic hydroxyl groups is 2. The van der Waals surface area contributed by atoms with E-state index in [9.17, 15) is 33.9 Å². The molecule has 2 fully saturated rings. The fourth-order valence-corrected chi connectivity index (χ4v) is 7.37. The molecule has 4 aromatic heterocycles. The molecule has 19 nitrogen and oxygen atoms in total. The van der Waals surface area contributed by atoms with Crippen molar-refractivity contribution in [2.75, 3.05) is 18.9 Å². The normalized spacial score (nSPS) is 30.2. The molecule has 0 amide bonds. The van der Waals surface area contributed by atoms with Gasteiger partial charge in [0.15, 0.2) is 23.6 Å². The van der Waals surface area contributed by atoms with Crippen LogP contribution in [0.1, 0.15) is 18.9 Å². The van der Waals surface area contributed by atoms with Gasteiger partial charge < -0.3 is 53.8 Å². The first kappa shape index (κ1) is 29.0. The zero-order valence-corrected chi connectivity index (χ0v) is 23.3. The van der Waals surface area contributed by atoms with Crippen molar-refractivity contribution in [3.05, 3.63) is 41.6 Å². The van der Waals surface area contributed by atoms with Gasteiger partial charge in [-0.2, -0.15) is 0 Å². The quantitative estimate of drug-likeness (QED) is 0.122. The molecule has 7 N–H and O–H groups in total. The molecule has 0 bridgehead atoms. The maximum atomic E-state index is 13.6. The Hall–Kier alpha value is -3.09. The molecule has 6 heterocycles. The highest BCUT2D eigenvalue weighted by molar-refractivity contribution is 7.53. The van der Waals surface area contributed by atoms with E-state index in [2.05, 4.69) is 24.9 Å². The number of aliphatic hydroxyl groups excluding tert-OH is 2.